The summed E-state index contributed by atoms with van der Waals surface area (Å²) in [6.07, 6.45) is 0. The number of aryl methyl sites for hydroxylation is 2. The molecule has 0 amide bonds. The molecule has 6 heteroatoms. The van der Waals surface area contributed by atoms with Gasteiger partial charge in [0.05, 0.1) is 11.4 Å². The number of hydrogen-bond acceptors (Lipinski definition) is 1. The van der Waals surface area contributed by atoms with Crippen LogP contribution in [0.4, 0.5) is 11.4 Å². The summed E-state index contributed by atoms with van der Waals surface area (Å²) in [6.45, 7) is 8.27. The molecule has 0 atom stereocenters. The van der Waals surface area contributed by atoms with E-state index in [1.165, 1.54) is 11.1 Å². The van der Waals surface area contributed by atoms with Crippen LogP contribution in [0.1, 0.15) is 36.4 Å². The van der Waals surface area contributed by atoms with E-state index in [9.17, 15) is 0 Å². The summed E-state index contributed by atoms with van der Waals surface area (Å²) in [4.78, 5) is 4.89. The normalized spacial score (nSPS) is 12.5. The van der Waals surface area contributed by atoms with Crippen LogP contribution in [0, 0.1) is 27.9 Å². The Morgan fingerprint density at radius 3 is 1.42 bits per heavy atom. The summed E-state index contributed by atoms with van der Waals surface area (Å²) < 4.78 is 3.89. The maximum atomic E-state index is 4.89. The molecule has 0 bridgehead atoms. The van der Waals surface area contributed by atoms with Crippen molar-refractivity contribution in [1.29, 1.82) is 0 Å². The van der Waals surface area contributed by atoms with Crippen molar-refractivity contribution in [2.24, 2.45) is 0 Å². The molecule has 0 saturated heterocycles. The van der Waals surface area contributed by atoms with E-state index in [0.29, 0.717) is 0 Å². The molecule has 0 radical (unpaired) electrons. The van der Waals surface area contributed by atoms with E-state index in [0.717, 1.165) is 34.2 Å². The predicted octanol–water partition coefficient (Wildman–Crippen LogP) is 6.96. The Morgan fingerprint density at radius 1 is 0.710 bits per heavy atom. The predicted molar refractivity (Wildman–Crippen MR) is 128 cm³/mol. The van der Waals surface area contributed by atoms with Gasteiger partial charge in [-0.3, -0.25) is 4.98 Å². The number of hydrogen-bond donors (Lipinski definition) is 0. The van der Waals surface area contributed by atoms with Crippen LogP contribution in [-0.4, -0.2) is 25.6 Å². The Hall–Kier alpha value is -2.23. The van der Waals surface area contributed by atoms with Crippen molar-refractivity contribution in [2.45, 2.75) is 27.7 Å². The molecule has 2 aromatic carbocycles. The zero-order chi connectivity index (χ0) is 23.0. The fourth-order valence-corrected chi connectivity index (χ4v) is 3.21. The van der Waals surface area contributed by atoms with E-state index in [2.05, 4.69) is 52.2 Å². The van der Waals surface area contributed by atoms with Crippen LogP contribution in [0.15, 0.2) is 66.7 Å². The maximum absolute atomic E-state index is 4.89. The average molecular weight is 496 g/mol. The topological polar surface area (TPSA) is 18.9 Å². The summed E-state index contributed by atoms with van der Waals surface area (Å²) in [6, 6.07) is 22.5. The van der Waals surface area contributed by atoms with Crippen molar-refractivity contribution in [3.05, 3.63) is 103 Å². The third-order valence-electron chi connectivity index (χ3n) is 5.11. The third-order valence-corrected chi connectivity index (χ3v) is 5.11. The molecule has 1 aromatic heterocycles. The Labute approximate surface area is 200 Å². The molecule has 31 heavy (non-hydrogen) atoms. The van der Waals surface area contributed by atoms with Crippen molar-refractivity contribution in [3.8, 4) is 0 Å². The van der Waals surface area contributed by atoms with Crippen LogP contribution < -0.4 is 0 Å². The average Bonchev–Trinajstić information content (AvgIpc) is 2.78. The molecule has 164 valence electrons. The molecule has 0 spiro atoms. The number of aromatic nitrogens is 1. The Kier molecular flexibility index (Phi) is 9.67. The Bertz CT molecular complexity index is 1020. The van der Waals surface area contributed by atoms with E-state index in [1.807, 2.05) is 65.5 Å². The second kappa shape index (κ2) is 12.0. The van der Waals surface area contributed by atoms with Crippen molar-refractivity contribution in [1.82, 2.24) is 4.98 Å². The first-order chi connectivity index (χ1) is 14.8. The third kappa shape index (κ3) is 6.38. The first-order valence-electron chi connectivity index (χ1n) is 9.64. The first kappa shape index (κ1) is 25.0. The summed E-state index contributed by atoms with van der Waals surface area (Å²) in [5.74, 6) is 0. The second-order valence-corrected chi connectivity index (χ2v) is 8.88. The molecule has 0 aliphatic rings. The van der Waals surface area contributed by atoms with Gasteiger partial charge in [-0.15, -0.1) is 0 Å². The Balaban J connectivity index is 0.00000107. The van der Waals surface area contributed by atoms with Gasteiger partial charge in [0.1, 0.15) is 22.8 Å². The van der Waals surface area contributed by atoms with E-state index in [1.54, 1.807) is 0 Å². The van der Waals surface area contributed by atoms with Gasteiger partial charge in [-0.25, -0.2) is 0 Å². The zero-order valence-corrected chi connectivity index (χ0v) is 20.8. The van der Waals surface area contributed by atoms with Gasteiger partial charge < -0.3 is 9.15 Å². The van der Waals surface area contributed by atoms with E-state index in [-0.39, 0.29) is 13.1 Å². The van der Waals surface area contributed by atoms with Gasteiger partial charge in [-0.05, 0) is 63.1 Å². The number of para-hydroxylation sites is 2. The van der Waals surface area contributed by atoms with Crippen molar-refractivity contribution in [2.75, 3.05) is 0 Å². The molecule has 3 aromatic rings. The van der Waals surface area contributed by atoms with Gasteiger partial charge in [0, 0.05) is 14.1 Å². The number of pyridine rings is 1. The Morgan fingerprint density at radius 2 is 1.06 bits per heavy atom. The molecule has 0 aliphatic carbocycles. The van der Waals surface area contributed by atoms with Crippen molar-refractivity contribution in [3.63, 3.8) is 0 Å². The summed E-state index contributed by atoms with van der Waals surface area (Å²) in [5, 5.41) is 0. The van der Waals surface area contributed by atoms with E-state index < -0.39 is 0 Å². The molecular weight excluding hydrogens is 469 g/mol. The fraction of sp³-hybridized carbons (Fsp3) is 0.160. The van der Waals surface area contributed by atoms with Gasteiger partial charge >= 0.3 is 33.3 Å². The summed E-state index contributed by atoms with van der Waals surface area (Å²) >= 11 is 0.194. The quantitative estimate of drug-likeness (QED) is 0.165. The number of halogens is 2. The van der Waals surface area contributed by atoms with Crippen LogP contribution in [-0.2, 0) is 13.1 Å². The van der Waals surface area contributed by atoms with Crippen LogP contribution in [0.25, 0.3) is 0 Å². The van der Waals surface area contributed by atoms with Crippen molar-refractivity contribution >= 4 is 43.0 Å². The number of nitrogens with zero attached hydrogens (tertiary/aromatic N) is 3. The molecule has 0 unspecified atom stereocenters. The molecule has 3 rings (SSSR count). The van der Waals surface area contributed by atoms with E-state index >= 15 is 0 Å². The van der Waals surface area contributed by atoms with Crippen molar-refractivity contribution < 1.29 is 22.3 Å². The van der Waals surface area contributed by atoms with Gasteiger partial charge in [0.25, 0.3) is 0 Å². The molecule has 0 aliphatic heterocycles. The number of benzene rings is 2. The molecule has 3 nitrogen and oxygen atoms in total. The van der Waals surface area contributed by atoms with Gasteiger partial charge in [-0.2, -0.15) is 0 Å². The standard InChI is InChI=1S/C25H27N3.2ClH.Fe/c1-18-12-7-9-16-24(18)27(5)20(3)22-14-11-15-23(26-22)21(4)28(6)25-17-10-8-13-19(25)2;;;/h7-17H,5-6H2,1-4H3;2*1H;/q;;;+2/p-2. The molecule has 1 heterocycles. The molecule has 0 saturated carbocycles. The first-order valence-corrected chi connectivity index (χ1v) is 12.7. The molecule has 0 N–H and O–H groups in total. The zero-order valence-electron chi connectivity index (χ0n) is 18.2. The molecule has 0 fully saturated rings. The number of rotatable bonds is 4. The monoisotopic (exact) mass is 495 g/mol. The van der Waals surface area contributed by atoms with Crippen LogP contribution in [0.5, 0.6) is 0 Å². The summed E-state index contributed by atoms with van der Waals surface area (Å²) in [5.41, 5.74) is 8.30. The fourth-order valence-electron chi connectivity index (χ4n) is 3.21. The minimum absolute atomic E-state index is 0.194. The molecular formula is C25H27Cl2FeN3. The van der Waals surface area contributed by atoms with Gasteiger partial charge in [-0.1, -0.05) is 42.5 Å². The van der Waals surface area contributed by atoms with Crippen LogP contribution in [0.2, 0.25) is 0 Å². The SMILES string of the molecule is [CH2-][N+](=C(C)c1cccc(C(C)=[N+]([CH2-])c2ccccc2C)n1)c1ccccc1C.[Cl][Fe][Cl]. The van der Waals surface area contributed by atoms with Crippen LogP contribution >= 0.6 is 20.2 Å². The van der Waals surface area contributed by atoms with Gasteiger partial charge in [0.15, 0.2) is 0 Å². The van der Waals surface area contributed by atoms with E-state index in [4.69, 9.17) is 25.2 Å². The second-order valence-electron chi connectivity index (χ2n) is 7.06. The van der Waals surface area contributed by atoms with Gasteiger partial charge in [0.2, 0.25) is 0 Å². The van der Waals surface area contributed by atoms with Crippen LogP contribution in [0.3, 0.4) is 0 Å². The minimum atomic E-state index is 0.194. The summed E-state index contributed by atoms with van der Waals surface area (Å²) in [7, 11) is 18.0.